The first kappa shape index (κ1) is 15.1. The number of hydrogen-bond donors (Lipinski definition) is 0. The van der Waals surface area contributed by atoms with E-state index in [1.54, 1.807) is 9.58 Å². The number of amides is 1. The van der Waals surface area contributed by atoms with Gasteiger partial charge in [-0.25, -0.2) is 4.68 Å². The molecule has 0 radical (unpaired) electrons. The number of carbonyl (C=O) groups is 1. The van der Waals surface area contributed by atoms with Crippen molar-refractivity contribution in [2.24, 2.45) is 0 Å². The zero-order valence-electron chi connectivity index (χ0n) is 12.6. The van der Waals surface area contributed by atoms with E-state index in [1.807, 2.05) is 6.20 Å². The Morgan fingerprint density at radius 2 is 1.96 bits per heavy atom. The Morgan fingerprint density at radius 3 is 2.54 bits per heavy atom. The molecule has 1 amide bonds. The minimum Gasteiger partial charge on any atom is -0.334 e. The van der Waals surface area contributed by atoms with E-state index >= 15 is 0 Å². The van der Waals surface area contributed by atoms with Gasteiger partial charge in [-0.2, -0.15) is 13.2 Å². The molecule has 0 spiro atoms. The number of hydrogen-bond acceptors (Lipinski definition) is 4. The van der Waals surface area contributed by atoms with Crippen molar-refractivity contribution in [3.05, 3.63) is 41.5 Å². The average molecular weight is 337 g/mol. The van der Waals surface area contributed by atoms with Crippen molar-refractivity contribution >= 4 is 5.91 Å². The molecule has 4 rings (SSSR count). The van der Waals surface area contributed by atoms with Gasteiger partial charge in [0, 0.05) is 31.4 Å². The molecule has 0 unspecified atom stereocenters. The van der Waals surface area contributed by atoms with Gasteiger partial charge in [-0.15, -0.1) is 5.10 Å². The maximum absolute atomic E-state index is 12.5. The molecule has 0 N–H and O–H groups in total. The number of aromatic nitrogens is 4. The third-order valence-electron chi connectivity index (χ3n) is 4.35. The van der Waals surface area contributed by atoms with Crippen molar-refractivity contribution in [1.29, 1.82) is 0 Å². The fourth-order valence-corrected chi connectivity index (χ4v) is 2.69. The van der Waals surface area contributed by atoms with Crippen LogP contribution in [0.5, 0.6) is 0 Å². The first-order valence-electron chi connectivity index (χ1n) is 7.66. The molecule has 1 aliphatic carbocycles. The number of halogens is 3. The zero-order chi connectivity index (χ0) is 16.9. The van der Waals surface area contributed by atoms with Gasteiger partial charge >= 0.3 is 6.18 Å². The van der Waals surface area contributed by atoms with Gasteiger partial charge < -0.3 is 4.90 Å². The number of nitrogens with zero attached hydrogens (tertiary/aromatic N) is 5. The Balaban J connectivity index is 1.38. The van der Waals surface area contributed by atoms with E-state index in [-0.39, 0.29) is 17.5 Å². The third-order valence-corrected chi connectivity index (χ3v) is 4.35. The predicted octanol–water partition coefficient (Wildman–Crippen LogP) is 2.27. The van der Waals surface area contributed by atoms with Gasteiger partial charge in [0.15, 0.2) is 0 Å². The molecule has 24 heavy (non-hydrogen) atoms. The van der Waals surface area contributed by atoms with E-state index in [9.17, 15) is 18.0 Å². The second-order valence-corrected chi connectivity index (χ2v) is 6.19. The Kier molecular flexibility index (Phi) is 3.33. The molecule has 2 aromatic heterocycles. The van der Waals surface area contributed by atoms with Crippen LogP contribution in [0.4, 0.5) is 13.2 Å². The van der Waals surface area contributed by atoms with E-state index in [0.717, 1.165) is 36.9 Å². The zero-order valence-corrected chi connectivity index (χ0v) is 12.6. The topological polar surface area (TPSA) is 63.9 Å². The van der Waals surface area contributed by atoms with Crippen molar-refractivity contribution in [2.45, 2.75) is 31.0 Å². The van der Waals surface area contributed by atoms with Crippen LogP contribution < -0.4 is 0 Å². The van der Waals surface area contributed by atoms with E-state index in [1.165, 1.54) is 0 Å². The summed E-state index contributed by atoms with van der Waals surface area (Å²) >= 11 is 0. The molecular formula is C15H14F3N5O. The van der Waals surface area contributed by atoms with Gasteiger partial charge in [0.2, 0.25) is 0 Å². The molecule has 2 aliphatic rings. The van der Waals surface area contributed by atoms with Crippen LogP contribution in [0.15, 0.2) is 24.5 Å². The standard InChI is InChI=1S/C15H14F3N5O/c16-15(17,18)13-4-3-10(5-19-13)14(24)22-6-11(7-22)23-8-12(20-21-23)9-1-2-9/h3-5,8-9,11H,1-2,6-7H2. The molecule has 1 saturated heterocycles. The van der Waals surface area contributed by atoms with Crippen LogP contribution in [0.25, 0.3) is 0 Å². The molecule has 2 aromatic rings. The Hall–Kier alpha value is -2.45. The van der Waals surface area contributed by atoms with Crippen molar-refractivity contribution in [1.82, 2.24) is 24.9 Å². The summed E-state index contributed by atoms with van der Waals surface area (Å²) in [6, 6.07) is 2.05. The lowest BCUT2D eigenvalue weighted by Crippen LogP contribution is -2.50. The molecule has 1 aliphatic heterocycles. The summed E-state index contributed by atoms with van der Waals surface area (Å²) in [4.78, 5) is 17.1. The second kappa shape index (κ2) is 5.29. The normalized spacial score (nSPS) is 18.5. The summed E-state index contributed by atoms with van der Waals surface area (Å²) in [6.45, 7) is 0.931. The fourth-order valence-electron chi connectivity index (χ4n) is 2.69. The van der Waals surface area contributed by atoms with Crippen LogP contribution >= 0.6 is 0 Å². The largest absolute Gasteiger partial charge is 0.433 e. The highest BCUT2D eigenvalue weighted by Crippen LogP contribution is 2.39. The lowest BCUT2D eigenvalue weighted by Gasteiger charge is -2.38. The second-order valence-electron chi connectivity index (χ2n) is 6.19. The minimum absolute atomic E-state index is 0.0661. The summed E-state index contributed by atoms with van der Waals surface area (Å²) in [7, 11) is 0. The molecular weight excluding hydrogens is 323 g/mol. The number of likely N-dealkylation sites (tertiary alicyclic amines) is 1. The number of carbonyl (C=O) groups excluding carboxylic acids is 1. The van der Waals surface area contributed by atoms with E-state index in [2.05, 4.69) is 15.3 Å². The molecule has 9 heteroatoms. The molecule has 0 bridgehead atoms. The first-order chi connectivity index (χ1) is 11.4. The van der Waals surface area contributed by atoms with Gasteiger partial charge in [-0.3, -0.25) is 9.78 Å². The quantitative estimate of drug-likeness (QED) is 0.862. The monoisotopic (exact) mass is 337 g/mol. The first-order valence-corrected chi connectivity index (χ1v) is 7.66. The lowest BCUT2D eigenvalue weighted by atomic mass is 10.1. The van der Waals surface area contributed by atoms with Crippen LogP contribution in [0.1, 0.15) is 46.5 Å². The Labute approximate surface area is 135 Å². The van der Waals surface area contributed by atoms with Gasteiger partial charge in [0.05, 0.1) is 17.3 Å². The Bertz CT molecular complexity index is 760. The number of alkyl halides is 3. The molecule has 1 saturated carbocycles. The van der Waals surface area contributed by atoms with E-state index < -0.39 is 11.9 Å². The molecule has 6 nitrogen and oxygen atoms in total. The highest BCUT2D eigenvalue weighted by molar-refractivity contribution is 5.94. The highest BCUT2D eigenvalue weighted by atomic mass is 19.4. The fraction of sp³-hybridized carbons (Fsp3) is 0.467. The summed E-state index contributed by atoms with van der Waals surface area (Å²) in [5.41, 5.74) is 0.140. The average Bonchev–Trinajstić information content (AvgIpc) is 3.24. The van der Waals surface area contributed by atoms with Crippen molar-refractivity contribution in [3.8, 4) is 0 Å². The summed E-state index contributed by atoms with van der Waals surface area (Å²) in [6.07, 6.45) is 0.683. The van der Waals surface area contributed by atoms with E-state index in [0.29, 0.717) is 19.0 Å². The van der Waals surface area contributed by atoms with Gasteiger partial charge in [-0.05, 0) is 25.0 Å². The van der Waals surface area contributed by atoms with Crippen molar-refractivity contribution in [2.75, 3.05) is 13.1 Å². The van der Waals surface area contributed by atoms with Crippen LogP contribution in [0.3, 0.4) is 0 Å². The van der Waals surface area contributed by atoms with Crippen molar-refractivity contribution in [3.63, 3.8) is 0 Å². The Morgan fingerprint density at radius 1 is 1.21 bits per heavy atom. The van der Waals surface area contributed by atoms with Crippen LogP contribution in [0, 0.1) is 0 Å². The van der Waals surface area contributed by atoms with Crippen LogP contribution in [-0.2, 0) is 6.18 Å². The minimum atomic E-state index is -4.50. The molecule has 0 aromatic carbocycles. The van der Waals surface area contributed by atoms with Crippen molar-refractivity contribution < 1.29 is 18.0 Å². The highest BCUT2D eigenvalue weighted by Gasteiger charge is 2.36. The molecule has 0 atom stereocenters. The van der Waals surface area contributed by atoms with Gasteiger partial charge in [-0.1, -0.05) is 5.21 Å². The summed E-state index contributed by atoms with van der Waals surface area (Å²) in [5, 5.41) is 8.23. The lowest BCUT2D eigenvalue weighted by molar-refractivity contribution is -0.141. The molecule has 126 valence electrons. The maximum atomic E-state index is 12.5. The summed E-state index contributed by atoms with van der Waals surface area (Å²) < 4.78 is 39.2. The van der Waals surface area contributed by atoms with Gasteiger partial charge in [0.25, 0.3) is 5.91 Å². The number of pyridine rings is 1. The smallest absolute Gasteiger partial charge is 0.334 e. The molecule has 3 heterocycles. The maximum Gasteiger partial charge on any atom is 0.433 e. The predicted molar refractivity (Wildman–Crippen MR) is 76.2 cm³/mol. The molecule has 2 fully saturated rings. The summed E-state index contributed by atoms with van der Waals surface area (Å²) in [5.74, 6) is 0.199. The SMILES string of the molecule is O=C(c1ccc(C(F)(F)F)nc1)N1CC(n2cc(C3CC3)nn2)C1. The third kappa shape index (κ3) is 2.74. The number of rotatable bonds is 3. The van der Waals surface area contributed by atoms with Crippen LogP contribution in [0.2, 0.25) is 0 Å². The van der Waals surface area contributed by atoms with Gasteiger partial charge in [0.1, 0.15) is 5.69 Å². The van der Waals surface area contributed by atoms with Crippen LogP contribution in [-0.4, -0.2) is 43.9 Å². The van der Waals surface area contributed by atoms with E-state index in [4.69, 9.17) is 0 Å².